The molecule has 0 aromatic heterocycles. The van der Waals surface area contributed by atoms with Crippen LogP contribution in [-0.2, 0) is 4.79 Å². The van der Waals surface area contributed by atoms with Crippen molar-refractivity contribution < 1.29 is 4.79 Å². The maximum absolute atomic E-state index is 11.2. The highest BCUT2D eigenvalue weighted by molar-refractivity contribution is 5.73. The van der Waals surface area contributed by atoms with Crippen LogP contribution in [0.2, 0.25) is 0 Å². The van der Waals surface area contributed by atoms with E-state index in [1.807, 2.05) is 4.90 Å². The third-order valence-corrected chi connectivity index (χ3v) is 4.02. The summed E-state index contributed by atoms with van der Waals surface area (Å²) in [5, 5.41) is 0. The van der Waals surface area contributed by atoms with E-state index in [1.165, 1.54) is 25.7 Å². The summed E-state index contributed by atoms with van der Waals surface area (Å²) >= 11 is 0. The summed E-state index contributed by atoms with van der Waals surface area (Å²) in [4.78, 5) is 13.2. The molecule has 2 unspecified atom stereocenters. The number of hydrogen-bond donors (Lipinski definition) is 1. The summed E-state index contributed by atoms with van der Waals surface area (Å²) in [5.74, 6) is 0.944. The van der Waals surface area contributed by atoms with Gasteiger partial charge in [-0.15, -0.1) is 0 Å². The lowest BCUT2D eigenvalue weighted by Crippen LogP contribution is -2.29. The predicted molar refractivity (Wildman–Crippen MR) is 55.7 cm³/mol. The van der Waals surface area contributed by atoms with Gasteiger partial charge in [-0.25, -0.2) is 0 Å². The standard InChI is InChI=1S/C11H20N2O/c1-9(14)13-5-4-11(8-13)3-2-10(6-11)7-12/h10H,2-8,12H2,1H3. The highest BCUT2D eigenvalue weighted by atomic mass is 16.2. The third-order valence-electron chi connectivity index (χ3n) is 4.02. The zero-order valence-electron chi connectivity index (χ0n) is 8.96. The Morgan fingerprint density at radius 1 is 1.57 bits per heavy atom. The summed E-state index contributed by atoms with van der Waals surface area (Å²) in [6.45, 7) is 4.45. The number of rotatable bonds is 1. The van der Waals surface area contributed by atoms with Crippen molar-refractivity contribution >= 4 is 5.91 Å². The van der Waals surface area contributed by atoms with Crippen molar-refractivity contribution in [3.05, 3.63) is 0 Å². The number of nitrogens with two attached hydrogens (primary N) is 1. The van der Waals surface area contributed by atoms with Crippen molar-refractivity contribution in [2.75, 3.05) is 19.6 Å². The molecule has 1 aliphatic heterocycles. The molecule has 2 aliphatic rings. The first kappa shape index (κ1) is 9.97. The molecule has 1 saturated carbocycles. The highest BCUT2D eigenvalue weighted by Crippen LogP contribution is 2.47. The van der Waals surface area contributed by atoms with E-state index in [2.05, 4.69) is 0 Å². The fourth-order valence-electron chi connectivity index (χ4n) is 3.10. The van der Waals surface area contributed by atoms with Gasteiger partial charge in [0.05, 0.1) is 0 Å². The fourth-order valence-corrected chi connectivity index (χ4v) is 3.10. The van der Waals surface area contributed by atoms with Crippen LogP contribution in [0.4, 0.5) is 0 Å². The normalized spacial score (nSPS) is 37.0. The molecule has 2 atom stereocenters. The zero-order valence-corrected chi connectivity index (χ0v) is 8.96. The monoisotopic (exact) mass is 196 g/mol. The van der Waals surface area contributed by atoms with Gasteiger partial charge in [0.2, 0.25) is 5.91 Å². The van der Waals surface area contributed by atoms with E-state index >= 15 is 0 Å². The van der Waals surface area contributed by atoms with E-state index in [9.17, 15) is 4.79 Å². The molecule has 1 aliphatic carbocycles. The Hall–Kier alpha value is -0.570. The van der Waals surface area contributed by atoms with E-state index in [0.717, 1.165) is 19.6 Å². The van der Waals surface area contributed by atoms with Crippen LogP contribution in [-0.4, -0.2) is 30.4 Å². The van der Waals surface area contributed by atoms with Gasteiger partial charge in [-0.05, 0) is 43.6 Å². The van der Waals surface area contributed by atoms with Crippen LogP contribution in [0.1, 0.15) is 32.6 Å². The lowest BCUT2D eigenvalue weighted by atomic mass is 9.84. The zero-order chi connectivity index (χ0) is 10.2. The Morgan fingerprint density at radius 3 is 2.86 bits per heavy atom. The Labute approximate surface area is 85.6 Å². The second kappa shape index (κ2) is 3.54. The minimum atomic E-state index is 0.234. The van der Waals surface area contributed by atoms with Crippen LogP contribution in [0.3, 0.4) is 0 Å². The fraction of sp³-hybridized carbons (Fsp3) is 0.909. The van der Waals surface area contributed by atoms with Crippen LogP contribution in [0.25, 0.3) is 0 Å². The number of carbonyl (C=O) groups excluding carboxylic acids is 1. The van der Waals surface area contributed by atoms with Crippen LogP contribution in [0.15, 0.2) is 0 Å². The van der Waals surface area contributed by atoms with Crippen LogP contribution in [0, 0.1) is 11.3 Å². The quantitative estimate of drug-likeness (QED) is 0.679. The van der Waals surface area contributed by atoms with Gasteiger partial charge in [0.25, 0.3) is 0 Å². The van der Waals surface area contributed by atoms with Crippen molar-refractivity contribution in [2.24, 2.45) is 17.1 Å². The molecule has 0 bridgehead atoms. The van der Waals surface area contributed by atoms with Gasteiger partial charge in [0, 0.05) is 20.0 Å². The topological polar surface area (TPSA) is 46.3 Å². The molecular weight excluding hydrogens is 176 g/mol. The summed E-state index contributed by atoms with van der Waals surface area (Å²) in [7, 11) is 0. The van der Waals surface area contributed by atoms with E-state index < -0.39 is 0 Å². The van der Waals surface area contributed by atoms with Gasteiger partial charge in [-0.1, -0.05) is 0 Å². The largest absolute Gasteiger partial charge is 0.342 e. The van der Waals surface area contributed by atoms with Crippen LogP contribution >= 0.6 is 0 Å². The first-order valence-corrected chi connectivity index (χ1v) is 5.61. The van der Waals surface area contributed by atoms with Gasteiger partial charge >= 0.3 is 0 Å². The molecule has 0 aromatic rings. The van der Waals surface area contributed by atoms with Crippen molar-refractivity contribution in [1.29, 1.82) is 0 Å². The lowest BCUT2D eigenvalue weighted by Gasteiger charge is -2.23. The van der Waals surface area contributed by atoms with E-state index in [0.29, 0.717) is 11.3 Å². The lowest BCUT2D eigenvalue weighted by molar-refractivity contribution is -0.128. The molecule has 14 heavy (non-hydrogen) atoms. The Kier molecular flexibility index (Phi) is 2.52. The molecule has 1 amide bonds. The molecule has 2 fully saturated rings. The van der Waals surface area contributed by atoms with Crippen molar-refractivity contribution in [3.63, 3.8) is 0 Å². The molecular formula is C11H20N2O. The Balaban J connectivity index is 1.97. The number of hydrogen-bond acceptors (Lipinski definition) is 2. The van der Waals surface area contributed by atoms with E-state index in [1.54, 1.807) is 6.92 Å². The Bertz CT molecular complexity index is 241. The summed E-state index contributed by atoms with van der Waals surface area (Å²) in [5.41, 5.74) is 6.14. The smallest absolute Gasteiger partial charge is 0.219 e. The first-order valence-electron chi connectivity index (χ1n) is 5.61. The van der Waals surface area contributed by atoms with Crippen molar-refractivity contribution in [1.82, 2.24) is 4.90 Å². The Morgan fingerprint density at radius 2 is 2.36 bits per heavy atom. The third kappa shape index (κ3) is 1.65. The number of amides is 1. The number of nitrogens with zero attached hydrogens (tertiary/aromatic N) is 1. The molecule has 0 aromatic carbocycles. The molecule has 2 N–H and O–H groups in total. The van der Waals surface area contributed by atoms with Crippen molar-refractivity contribution in [3.8, 4) is 0 Å². The molecule has 1 heterocycles. The molecule has 3 nitrogen and oxygen atoms in total. The van der Waals surface area contributed by atoms with Gasteiger partial charge in [0.1, 0.15) is 0 Å². The predicted octanol–water partition coefficient (Wildman–Crippen LogP) is 0.984. The second-order valence-corrected chi connectivity index (χ2v) is 5.04. The molecule has 1 spiro atoms. The highest BCUT2D eigenvalue weighted by Gasteiger charge is 2.44. The average molecular weight is 196 g/mol. The SMILES string of the molecule is CC(=O)N1CCC2(CCC(CN)C2)C1. The van der Waals surface area contributed by atoms with Crippen LogP contribution < -0.4 is 5.73 Å². The average Bonchev–Trinajstić information content (AvgIpc) is 2.74. The number of likely N-dealkylation sites (tertiary alicyclic amines) is 1. The summed E-state index contributed by atoms with van der Waals surface area (Å²) < 4.78 is 0. The summed E-state index contributed by atoms with van der Waals surface area (Å²) in [6.07, 6.45) is 4.98. The maximum atomic E-state index is 11.2. The number of carbonyl (C=O) groups is 1. The van der Waals surface area contributed by atoms with E-state index in [4.69, 9.17) is 5.73 Å². The summed E-state index contributed by atoms with van der Waals surface area (Å²) in [6, 6.07) is 0. The first-order chi connectivity index (χ1) is 6.65. The van der Waals surface area contributed by atoms with Crippen molar-refractivity contribution in [2.45, 2.75) is 32.6 Å². The van der Waals surface area contributed by atoms with Gasteiger partial charge in [-0.3, -0.25) is 4.79 Å². The van der Waals surface area contributed by atoms with Gasteiger partial charge in [0.15, 0.2) is 0 Å². The minimum absolute atomic E-state index is 0.234. The minimum Gasteiger partial charge on any atom is -0.342 e. The molecule has 0 radical (unpaired) electrons. The second-order valence-electron chi connectivity index (χ2n) is 5.04. The molecule has 2 rings (SSSR count). The van der Waals surface area contributed by atoms with Gasteiger partial charge in [-0.2, -0.15) is 0 Å². The van der Waals surface area contributed by atoms with Crippen LogP contribution in [0.5, 0.6) is 0 Å². The molecule has 3 heteroatoms. The molecule has 1 saturated heterocycles. The van der Waals surface area contributed by atoms with Gasteiger partial charge < -0.3 is 10.6 Å². The molecule has 80 valence electrons. The maximum Gasteiger partial charge on any atom is 0.219 e. The van der Waals surface area contributed by atoms with E-state index in [-0.39, 0.29) is 5.91 Å².